The van der Waals surface area contributed by atoms with Crippen LogP contribution in [0, 0.1) is 6.92 Å². The topological polar surface area (TPSA) is 64.7 Å². The van der Waals surface area contributed by atoms with Crippen molar-refractivity contribution in [3.63, 3.8) is 0 Å². The number of nitrogens with one attached hydrogen (secondary N) is 1. The molecule has 0 radical (unpaired) electrons. The number of alkyl halides is 5. The Hall–Kier alpha value is -1.98. The van der Waals surface area contributed by atoms with E-state index in [0.717, 1.165) is 18.9 Å². The lowest BCUT2D eigenvalue weighted by Crippen LogP contribution is -2.30. The standard InChI is InChI=1S/C17H19BrF5N5O/c1-9-14(18)15(16(19)20)26-28(9)8-13(29)24-5-2-6-27-11(10-3-4-10)7-12(25-27)17(21,22)23/h7,10,16H,2-6,8H2,1H3,(H,24,29). The van der Waals surface area contributed by atoms with Crippen LogP contribution in [0.15, 0.2) is 10.5 Å². The van der Waals surface area contributed by atoms with Gasteiger partial charge in [0, 0.05) is 24.7 Å². The molecule has 0 aromatic carbocycles. The minimum Gasteiger partial charge on any atom is -0.354 e. The monoisotopic (exact) mass is 483 g/mol. The zero-order chi connectivity index (χ0) is 21.3. The lowest BCUT2D eigenvalue weighted by molar-refractivity contribution is -0.141. The van der Waals surface area contributed by atoms with Crippen molar-refractivity contribution in [2.45, 2.75) is 57.8 Å². The molecule has 12 heteroatoms. The maximum Gasteiger partial charge on any atom is 0.435 e. The Bertz CT molecular complexity index is 888. The van der Waals surface area contributed by atoms with Crippen LogP contribution in [-0.2, 0) is 24.1 Å². The lowest BCUT2D eigenvalue weighted by atomic mass is 10.2. The molecule has 3 rings (SSSR count). The molecule has 0 saturated heterocycles. The molecule has 2 aromatic heterocycles. The van der Waals surface area contributed by atoms with Crippen molar-refractivity contribution >= 4 is 21.8 Å². The Morgan fingerprint density at radius 3 is 2.55 bits per heavy atom. The number of nitrogens with zero attached hydrogens (tertiary/aromatic N) is 4. The van der Waals surface area contributed by atoms with E-state index in [0.29, 0.717) is 17.8 Å². The van der Waals surface area contributed by atoms with Gasteiger partial charge in [-0.25, -0.2) is 8.78 Å². The van der Waals surface area contributed by atoms with E-state index < -0.39 is 29.9 Å². The molecule has 0 bridgehead atoms. The highest BCUT2D eigenvalue weighted by molar-refractivity contribution is 9.10. The molecular formula is C17H19BrF5N5O. The summed E-state index contributed by atoms with van der Waals surface area (Å²) >= 11 is 3.04. The summed E-state index contributed by atoms with van der Waals surface area (Å²) in [6, 6.07) is 1.09. The molecule has 1 aliphatic rings. The van der Waals surface area contributed by atoms with Gasteiger partial charge in [0.1, 0.15) is 12.2 Å². The molecule has 1 aliphatic carbocycles. The zero-order valence-corrected chi connectivity index (χ0v) is 17.0. The summed E-state index contributed by atoms with van der Waals surface area (Å²) in [7, 11) is 0. The fourth-order valence-corrected chi connectivity index (χ4v) is 3.40. The SMILES string of the molecule is Cc1c(Br)c(C(F)F)nn1CC(=O)NCCCn1nc(C(F)(F)F)cc1C1CC1. The highest BCUT2D eigenvalue weighted by atomic mass is 79.9. The molecule has 29 heavy (non-hydrogen) atoms. The Kier molecular flexibility index (Phi) is 6.30. The second-order valence-electron chi connectivity index (χ2n) is 6.90. The van der Waals surface area contributed by atoms with Crippen LogP contribution in [0.2, 0.25) is 0 Å². The van der Waals surface area contributed by atoms with Crippen molar-refractivity contribution in [1.29, 1.82) is 0 Å². The van der Waals surface area contributed by atoms with Crippen molar-refractivity contribution in [1.82, 2.24) is 24.9 Å². The summed E-state index contributed by atoms with van der Waals surface area (Å²) in [5.74, 6) is -0.318. The minimum atomic E-state index is -4.49. The van der Waals surface area contributed by atoms with Crippen LogP contribution in [0.4, 0.5) is 22.0 Å². The fourth-order valence-electron chi connectivity index (χ4n) is 2.95. The molecule has 2 aromatic rings. The first kappa shape index (κ1) is 21.7. The smallest absolute Gasteiger partial charge is 0.354 e. The van der Waals surface area contributed by atoms with Crippen molar-refractivity contribution < 1.29 is 26.7 Å². The summed E-state index contributed by atoms with van der Waals surface area (Å²) < 4.78 is 67.1. The number of hydrogen-bond donors (Lipinski definition) is 1. The molecule has 160 valence electrons. The van der Waals surface area contributed by atoms with Gasteiger partial charge in [0.25, 0.3) is 6.43 Å². The number of aromatic nitrogens is 4. The second kappa shape index (κ2) is 8.41. The van der Waals surface area contributed by atoms with Gasteiger partial charge in [-0.3, -0.25) is 14.2 Å². The Morgan fingerprint density at radius 2 is 2.00 bits per heavy atom. The number of aryl methyl sites for hydroxylation is 1. The third-order valence-electron chi connectivity index (χ3n) is 4.62. The predicted octanol–water partition coefficient (Wildman–Crippen LogP) is 4.19. The number of rotatable bonds is 8. The van der Waals surface area contributed by atoms with E-state index >= 15 is 0 Å². The summed E-state index contributed by atoms with van der Waals surface area (Å²) in [4.78, 5) is 12.0. The molecular weight excluding hydrogens is 465 g/mol. The highest BCUT2D eigenvalue weighted by Crippen LogP contribution is 2.42. The summed E-state index contributed by atoms with van der Waals surface area (Å²) in [5.41, 5.74) is -0.360. The summed E-state index contributed by atoms with van der Waals surface area (Å²) in [6.45, 7) is 1.79. The summed E-state index contributed by atoms with van der Waals surface area (Å²) in [6.07, 6.45) is -5.17. The number of amides is 1. The van der Waals surface area contributed by atoms with Crippen LogP contribution in [0.5, 0.6) is 0 Å². The molecule has 0 atom stereocenters. The molecule has 0 spiro atoms. The van der Waals surface area contributed by atoms with Gasteiger partial charge in [0.05, 0.1) is 10.2 Å². The fraction of sp³-hybridized carbons (Fsp3) is 0.588. The van der Waals surface area contributed by atoms with Crippen molar-refractivity contribution in [3.05, 3.63) is 33.3 Å². The van der Waals surface area contributed by atoms with E-state index in [2.05, 4.69) is 31.4 Å². The van der Waals surface area contributed by atoms with E-state index in [-0.39, 0.29) is 30.0 Å². The van der Waals surface area contributed by atoms with Gasteiger partial charge >= 0.3 is 6.18 Å². The molecule has 1 N–H and O–H groups in total. The van der Waals surface area contributed by atoms with E-state index in [1.165, 1.54) is 9.36 Å². The quantitative estimate of drug-likeness (QED) is 0.452. The highest BCUT2D eigenvalue weighted by Gasteiger charge is 2.37. The first-order valence-corrected chi connectivity index (χ1v) is 9.79. The number of carbonyl (C=O) groups is 1. The Morgan fingerprint density at radius 1 is 1.31 bits per heavy atom. The van der Waals surface area contributed by atoms with Gasteiger partial charge in [-0.05, 0) is 48.2 Å². The van der Waals surface area contributed by atoms with Gasteiger partial charge in [-0.2, -0.15) is 23.4 Å². The van der Waals surface area contributed by atoms with Crippen molar-refractivity contribution in [2.75, 3.05) is 6.54 Å². The van der Waals surface area contributed by atoms with Crippen LogP contribution >= 0.6 is 15.9 Å². The van der Waals surface area contributed by atoms with Gasteiger partial charge < -0.3 is 5.32 Å². The Labute approximate surface area is 171 Å². The summed E-state index contributed by atoms with van der Waals surface area (Å²) in [5, 5.41) is 10.0. The van der Waals surface area contributed by atoms with E-state index in [4.69, 9.17) is 0 Å². The number of carbonyl (C=O) groups excluding carboxylic acids is 1. The predicted molar refractivity (Wildman–Crippen MR) is 96.5 cm³/mol. The van der Waals surface area contributed by atoms with Gasteiger partial charge in [-0.15, -0.1) is 0 Å². The third-order valence-corrected chi connectivity index (χ3v) is 5.60. The maximum absolute atomic E-state index is 12.9. The maximum atomic E-state index is 12.9. The molecule has 1 fully saturated rings. The normalized spacial score (nSPS) is 14.6. The molecule has 6 nitrogen and oxygen atoms in total. The number of hydrogen-bond acceptors (Lipinski definition) is 3. The second-order valence-corrected chi connectivity index (χ2v) is 7.69. The van der Waals surface area contributed by atoms with Crippen LogP contribution in [0.1, 0.15) is 54.4 Å². The van der Waals surface area contributed by atoms with E-state index in [1.807, 2.05) is 0 Å². The van der Waals surface area contributed by atoms with Crippen molar-refractivity contribution in [2.24, 2.45) is 0 Å². The van der Waals surface area contributed by atoms with E-state index in [1.54, 1.807) is 6.92 Å². The minimum absolute atomic E-state index is 0.110. The van der Waals surface area contributed by atoms with Gasteiger partial charge in [0.2, 0.25) is 5.91 Å². The first-order valence-electron chi connectivity index (χ1n) is 9.00. The Balaban J connectivity index is 1.52. The van der Waals surface area contributed by atoms with Crippen LogP contribution in [-0.4, -0.2) is 32.0 Å². The largest absolute Gasteiger partial charge is 0.435 e. The van der Waals surface area contributed by atoms with E-state index in [9.17, 15) is 26.7 Å². The molecule has 1 amide bonds. The van der Waals surface area contributed by atoms with Crippen LogP contribution in [0.25, 0.3) is 0 Å². The molecule has 0 unspecified atom stereocenters. The van der Waals surface area contributed by atoms with Crippen LogP contribution < -0.4 is 5.32 Å². The average molecular weight is 484 g/mol. The first-order chi connectivity index (χ1) is 13.6. The molecule has 0 aliphatic heterocycles. The zero-order valence-electron chi connectivity index (χ0n) is 15.4. The lowest BCUT2D eigenvalue weighted by Gasteiger charge is -2.09. The van der Waals surface area contributed by atoms with Gasteiger partial charge in [-0.1, -0.05) is 0 Å². The van der Waals surface area contributed by atoms with Crippen LogP contribution in [0.3, 0.4) is 0 Å². The third kappa shape index (κ3) is 5.14. The van der Waals surface area contributed by atoms with Crippen molar-refractivity contribution in [3.8, 4) is 0 Å². The number of halogens is 6. The average Bonchev–Trinajstić information content (AvgIpc) is 3.32. The van der Waals surface area contributed by atoms with Gasteiger partial charge in [0.15, 0.2) is 5.69 Å². The molecule has 2 heterocycles. The molecule has 1 saturated carbocycles.